The molecular formula is C17H15FN4O3S. The maximum Gasteiger partial charge on any atom is 0.325 e. The van der Waals surface area contributed by atoms with Crippen LogP contribution in [-0.4, -0.2) is 34.8 Å². The predicted molar refractivity (Wildman–Crippen MR) is 96.9 cm³/mol. The lowest BCUT2D eigenvalue weighted by molar-refractivity contribution is -0.117. The first-order valence-electron chi connectivity index (χ1n) is 7.57. The standard InChI is InChI=1S/C17H15FN4O3S/c1-25-10-6-7-13-14(8-10)21-17(20-13)26-9-15(23)22-16(24)19-12-5-3-2-4-11(12)18/h2-8H,9H2,1H3,(H,20,21)(H2,19,22,23,24). The number of imide groups is 1. The van der Waals surface area contributed by atoms with E-state index in [4.69, 9.17) is 4.74 Å². The molecule has 0 saturated carbocycles. The highest BCUT2D eigenvalue weighted by atomic mass is 32.2. The van der Waals surface area contributed by atoms with Crippen LogP contribution in [0.15, 0.2) is 47.6 Å². The quantitative estimate of drug-likeness (QED) is 0.596. The zero-order chi connectivity index (χ0) is 18.5. The number of benzene rings is 2. The Labute approximate surface area is 152 Å². The summed E-state index contributed by atoms with van der Waals surface area (Å²) in [5.74, 6) is -0.439. The molecule has 134 valence electrons. The molecule has 2 aromatic carbocycles. The van der Waals surface area contributed by atoms with E-state index < -0.39 is 17.8 Å². The molecule has 7 nitrogen and oxygen atoms in total. The smallest absolute Gasteiger partial charge is 0.325 e. The Morgan fingerprint density at radius 2 is 2.08 bits per heavy atom. The number of nitrogens with one attached hydrogen (secondary N) is 3. The number of H-pyrrole nitrogens is 1. The summed E-state index contributed by atoms with van der Waals surface area (Å²) in [7, 11) is 1.57. The Balaban J connectivity index is 1.53. The number of nitrogens with zero attached hydrogens (tertiary/aromatic N) is 1. The number of aromatic nitrogens is 2. The molecule has 9 heteroatoms. The van der Waals surface area contributed by atoms with E-state index in [-0.39, 0.29) is 11.4 Å². The molecule has 1 aromatic heterocycles. The number of ether oxygens (including phenoxy) is 1. The van der Waals surface area contributed by atoms with Crippen LogP contribution in [0.2, 0.25) is 0 Å². The number of halogens is 1. The second-order valence-corrected chi connectivity index (χ2v) is 6.16. The number of carbonyl (C=O) groups excluding carboxylic acids is 2. The summed E-state index contributed by atoms with van der Waals surface area (Å²) >= 11 is 1.15. The lowest BCUT2D eigenvalue weighted by atomic mass is 10.3. The first kappa shape index (κ1) is 17.7. The van der Waals surface area contributed by atoms with Gasteiger partial charge in [-0.25, -0.2) is 14.2 Å². The Morgan fingerprint density at radius 1 is 1.27 bits per heavy atom. The molecule has 0 atom stereocenters. The Hall–Kier alpha value is -3.07. The van der Waals surface area contributed by atoms with Crippen LogP contribution >= 0.6 is 11.8 Å². The van der Waals surface area contributed by atoms with Gasteiger partial charge in [0.1, 0.15) is 11.6 Å². The zero-order valence-electron chi connectivity index (χ0n) is 13.7. The van der Waals surface area contributed by atoms with Crippen LogP contribution in [0.5, 0.6) is 5.75 Å². The SMILES string of the molecule is COc1ccc2nc(SCC(=O)NC(=O)Nc3ccccc3F)[nH]c2c1. The topological polar surface area (TPSA) is 96.1 Å². The van der Waals surface area contributed by atoms with Crippen LogP contribution in [0.4, 0.5) is 14.9 Å². The van der Waals surface area contributed by atoms with Gasteiger partial charge in [0.15, 0.2) is 5.16 Å². The van der Waals surface area contributed by atoms with Gasteiger partial charge in [-0.1, -0.05) is 23.9 Å². The van der Waals surface area contributed by atoms with Crippen LogP contribution in [0.3, 0.4) is 0 Å². The van der Waals surface area contributed by atoms with E-state index >= 15 is 0 Å². The van der Waals surface area contributed by atoms with Crippen molar-refractivity contribution in [1.29, 1.82) is 0 Å². The van der Waals surface area contributed by atoms with Gasteiger partial charge in [-0.05, 0) is 24.3 Å². The number of methoxy groups -OCH3 is 1. The van der Waals surface area contributed by atoms with E-state index in [9.17, 15) is 14.0 Å². The van der Waals surface area contributed by atoms with E-state index in [0.717, 1.165) is 22.8 Å². The first-order valence-corrected chi connectivity index (χ1v) is 8.55. The summed E-state index contributed by atoms with van der Waals surface area (Å²) in [6, 6.07) is 10.3. The highest BCUT2D eigenvalue weighted by Crippen LogP contribution is 2.23. The number of carbonyl (C=O) groups is 2. The molecule has 0 saturated heterocycles. The summed E-state index contributed by atoms with van der Waals surface area (Å²) < 4.78 is 18.6. The Kier molecular flexibility index (Phi) is 5.37. The van der Waals surface area contributed by atoms with Crippen molar-refractivity contribution < 1.29 is 18.7 Å². The number of amides is 3. The molecule has 0 radical (unpaired) electrons. The Bertz CT molecular complexity index is 960. The van der Waals surface area contributed by atoms with E-state index in [1.54, 1.807) is 31.4 Å². The van der Waals surface area contributed by atoms with Gasteiger partial charge in [-0.2, -0.15) is 0 Å². The van der Waals surface area contributed by atoms with E-state index in [2.05, 4.69) is 20.6 Å². The van der Waals surface area contributed by atoms with E-state index in [1.807, 2.05) is 0 Å². The molecule has 0 spiro atoms. The lowest BCUT2D eigenvalue weighted by Gasteiger charge is -2.06. The molecule has 3 rings (SSSR count). The fourth-order valence-electron chi connectivity index (χ4n) is 2.17. The number of rotatable bonds is 5. The zero-order valence-corrected chi connectivity index (χ0v) is 14.5. The highest BCUT2D eigenvalue weighted by molar-refractivity contribution is 7.99. The van der Waals surface area contributed by atoms with Crippen molar-refractivity contribution in [3.05, 3.63) is 48.3 Å². The van der Waals surface area contributed by atoms with Gasteiger partial charge in [0.2, 0.25) is 5.91 Å². The number of hydrogen-bond donors (Lipinski definition) is 3. The third kappa shape index (κ3) is 4.31. The molecule has 0 aliphatic carbocycles. The molecule has 3 aromatic rings. The third-order valence-electron chi connectivity index (χ3n) is 3.38. The van der Waals surface area contributed by atoms with E-state index in [0.29, 0.717) is 10.9 Å². The van der Waals surface area contributed by atoms with Crippen LogP contribution in [-0.2, 0) is 4.79 Å². The third-order valence-corrected chi connectivity index (χ3v) is 4.26. The maximum atomic E-state index is 13.5. The molecule has 1 heterocycles. The van der Waals surface area contributed by atoms with Gasteiger partial charge in [-0.3, -0.25) is 10.1 Å². The molecule has 0 fully saturated rings. The van der Waals surface area contributed by atoms with Crippen LogP contribution in [0.25, 0.3) is 11.0 Å². The number of aromatic amines is 1. The van der Waals surface area contributed by atoms with Crippen molar-refractivity contribution in [3.63, 3.8) is 0 Å². The second kappa shape index (κ2) is 7.87. The van der Waals surface area contributed by atoms with Crippen molar-refractivity contribution in [2.45, 2.75) is 5.16 Å². The Morgan fingerprint density at radius 3 is 2.85 bits per heavy atom. The highest BCUT2D eigenvalue weighted by Gasteiger charge is 2.12. The summed E-state index contributed by atoms with van der Waals surface area (Å²) in [6.07, 6.45) is 0. The first-order chi connectivity index (χ1) is 12.5. The largest absolute Gasteiger partial charge is 0.497 e. The summed E-state index contributed by atoms with van der Waals surface area (Å²) in [4.78, 5) is 31.0. The molecule has 3 amide bonds. The van der Waals surface area contributed by atoms with Crippen molar-refractivity contribution in [2.24, 2.45) is 0 Å². The summed E-state index contributed by atoms with van der Waals surface area (Å²) in [5.41, 5.74) is 1.52. The van der Waals surface area contributed by atoms with Gasteiger partial charge in [0.05, 0.1) is 29.6 Å². The number of imidazole rings is 1. The van der Waals surface area contributed by atoms with Crippen LogP contribution in [0.1, 0.15) is 0 Å². The second-order valence-electron chi connectivity index (χ2n) is 5.20. The molecular weight excluding hydrogens is 359 g/mol. The van der Waals surface area contributed by atoms with Crippen molar-refractivity contribution in [3.8, 4) is 5.75 Å². The molecule has 26 heavy (non-hydrogen) atoms. The summed E-state index contributed by atoms with van der Waals surface area (Å²) in [6.45, 7) is 0. The van der Waals surface area contributed by atoms with Crippen molar-refractivity contribution in [1.82, 2.24) is 15.3 Å². The normalized spacial score (nSPS) is 10.5. The summed E-state index contributed by atoms with van der Waals surface area (Å²) in [5, 5.41) is 4.96. The van der Waals surface area contributed by atoms with Gasteiger partial charge >= 0.3 is 6.03 Å². The number of para-hydroxylation sites is 1. The minimum Gasteiger partial charge on any atom is -0.497 e. The van der Waals surface area contributed by atoms with Gasteiger partial charge in [0.25, 0.3) is 0 Å². The van der Waals surface area contributed by atoms with Gasteiger partial charge in [0, 0.05) is 6.07 Å². The number of anilines is 1. The number of hydrogen-bond acceptors (Lipinski definition) is 5. The monoisotopic (exact) mass is 374 g/mol. The molecule has 0 aliphatic heterocycles. The van der Waals surface area contributed by atoms with Crippen molar-refractivity contribution >= 4 is 40.4 Å². The van der Waals surface area contributed by atoms with E-state index in [1.165, 1.54) is 18.2 Å². The average Bonchev–Trinajstić information content (AvgIpc) is 3.04. The minimum absolute atomic E-state index is 0.00307. The fourth-order valence-corrected chi connectivity index (χ4v) is 2.86. The molecule has 0 bridgehead atoms. The average molecular weight is 374 g/mol. The number of fused-ring (bicyclic) bond motifs is 1. The molecule has 3 N–H and O–H groups in total. The predicted octanol–water partition coefficient (Wildman–Crippen LogP) is 3.15. The fraction of sp³-hybridized carbons (Fsp3) is 0.118. The van der Waals surface area contributed by atoms with Gasteiger partial charge in [-0.15, -0.1) is 0 Å². The molecule has 0 aliphatic rings. The number of urea groups is 1. The maximum absolute atomic E-state index is 13.5. The van der Waals surface area contributed by atoms with Crippen LogP contribution in [0, 0.1) is 5.82 Å². The van der Waals surface area contributed by atoms with Crippen LogP contribution < -0.4 is 15.4 Å². The molecule has 0 unspecified atom stereocenters. The van der Waals surface area contributed by atoms with Gasteiger partial charge < -0.3 is 15.0 Å². The number of thioether (sulfide) groups is 1. The minimum atomic E-state index is -0.796. The van der Waals surface area contributed by atoms with Crippen molar-refractivity contribution in [2.75, 3.05) is 18.2 Å². The lowest BCUT2D eigenvalue weighted by Crippen LogP contribution is -2.35.